The first-order valence-electron chi connectivity index (χ1n) is 7.38. The van der Waals surface area contributed by atoms with Gasteiger partial charge in [-0.1, -0.05) is 0 Å². The van der Waals surface area contributed by atoms with Gasteiger partial charge in [-0.15, -0.1) is 0 Å². The van der Waals surface area contributed by atoms with Crippen LogP contribution >= 0.6 is 0 Å². The summed E-state index contributed by atoms with van der Waals surface area (Å²) in [6.07, 6.45) is 1.74. The molecule has 0 amide bonds. The van der Waals surface area contributed by atoms with Gasteiger partial charge in [0.15, 0.2) is 0 Å². The summed E-state index contributed by atoms with van der Waals surface area (Å²) in [5, 5.41) is 10.2. The Morgan fingerprint density at radius 2 is 2.04 bits per heavy atom. The molecule has 6 heteroatoms. The van der Waals surface area contributed by atoms with Gasteiger partial charge in [0.05, 0.1) is 24.3 Å². The maximum absolute atomic E-state index is 11.4. The first-order valence-corrected chi connectivity index (χ1v) is 7.38. The summed E-state index contributed by atoms with van der Waals surface area (Å²) in [5.41, 5.74) is 2.29. The van der Waals surface area contributed by atoms with Gasteiger partial charge in [0, 0.05) is 23.4 Å². The highest BCUT2D eigenvalue weighted by Crippen LogP contribution is 2.28. The number of ether oxygens (including phenoxy) is 2. The van der Waals surface area contributed by atoms with E-state index in [4.69, 9.17) is 13.9 Å². The quantitative estimate of drug-likeness (QED) is 0.742. The second-order valence-corrected chi connectivity index (χ2v) is 5.44. The van der Waals surface area contributed by atoms with Gasteiger partial charge >= 0.3 is 5.63 Å². The number of aryl methyl sites for hydroxylation is 1. The third-order valence-corrected chi connectivity index (χ3v) is 3.82. The number of methoxy groups -OCH3 is 1. The predicted octanol–water partition coefficient (Wildman–Crippen LogP) is 3.10. The van der Waals surface area contributed by atoms with E-state index in [9.17, 15) is 9.90 Å². The third-order valence-electron chi connectivity index (χ3n) is 3.82. The third kappa shape index (κ3) is 2.90. The number of fused-ring (bicyclic) bond motifs is 1. The fourth-order valence-electron chi connectivity index (χ4n) is 2.58. The molecule has 2 heterocycles. The van der Waals surface area contributed by atoms with Crippen molar-refractivity contribution in [2.24, 2.45) is 0 Å². The minimum absolute atomic E-state index is 0.117. The van der Waals surface area contributed by atoms with Crippen LogP contribution in [0.15, 0.2) is 39.7 Å². The van der Waals surface area contributed by atoms with E-state index in [0.717, 1.165) is 28.6 Å². The summed E-state index contributed by atoms with van der Waals surface area (Å²) in [5.74, 6) is 1.18. The van der Waals surface area contributed by atoms with Crippen LogP contribution in [-0.4, -0.2) is 17.2 Å². The van der Waals surface area contributed by atoms with E-state index in [1.165, 1.54) is 0 Å². The van der Waals surface area contributed by atoms with Crippen LogP contribution in [0.5, 0.6) is 17.2 Å². The Bertz CT molecular complexity index is 962. The van der Waals surface area contributed by atoms with E-state index in [0.29, 0.717) is 11.1 Å². The molecular weight excluding hydrogens is 310 g/mol. The van der Waals surface area contributed by atoms with Gasteiger partial charge in [-0.3, -0.25) is 4.98 Å². The van der Waals surface area contributed by atoms with E-state index in [2.05, 4.69) is 4.98 Å². The molecular formula is C18H17NO5. The molecule has 0 atom stereocenters. The molecule has 124 valence electrons. The topological polar surface area (TPSA) is 81.8 Å². The van der Waals surface area contributed by atoms with Gasteiger partial charge in [-0.25, -0.2) is 4.79 Å². The fourth-order valence-corrected chi connectivity index (χ4v) is 2.58. The smallest absolute Gasteiger partial charge is 0.339 e. The van der Waals surface area contributed by atoms with Crippen molar-refractivity contribution in [3.05, 3.63) is 57.7 Å². The highest BCUT2D eigenvalue weighted by molar-refractivity contribution is 5.83. The Labute approximate surface area is 138 Å². The molecule has 3 rings (SSSR count). The molecule has 1 N–H and O–H groups in total. The molecule has 0 fully saturated rings. The zero-order valence-corrected chi connectivity index (χ0v) is 13.6. The molecule has 0 unspecified atom stereocenters. The lowest BCUT2D eigenvalue weighted by molar-refractivity contribution is 0.298. The number of hydrogen-bond acceptors (Lipinski definition) is 6. The molecule has 3 aromatic rings. The average Bonchev–Trinajstić information content (AvgIpc) is 2.54. The van der Waals surface area contributed by atoms with Crippen molar-refractivity contribution in [1.29, 1.82) is 0 Å². The number of pyridine rings is 1. The molecule has 0 aliphatic carbocycles. The Hall–Kier alpha value is -3.02. The molecule has 0 saturated carbocycles. The van der Waals surface area contributed by atoms with E-state index in [1.807, 2.05) is 13.8 Å². The van der Waals surface area contributed by atoms with Crippen molar-refractivity contribution >= 4 is 11.0 Å². The van der Waals surface area contributed by atoms with Gasteiger partial charge in [-0.05, 0) is 26.0 Å². The molecule has 0 saturated heterocycles. The SMILES string of the molecule is COc1c(C)cnc(COc2ccc3c(O)cc(=O)oc3c2)c1C. The first kappa shape index (κ1) is 15.9. The van der Waals surface area contributed by atoms with Gasteiger partial charge in [0.2, 0.25) is 0 Å². The number of aromatic nitrogens is 1. The second-order valence-electron chi connectivity index (χ2n) is 5.44. The second kappa shape index (κ2) is 6.23. The van der Waals surface area contributed by atoms with Crippen LogP contribution in [0.1, 0.15) is 16.8 Å². The first-order chi connectivity index (χ1) is 11.5. The van der Waals surface area contributed by atoms with Gasteiger partial charge < -0.3 is 19.0 Å². The zero-order valence-electron chi connectivity index (χ0n) is 13.6. The lowest BCUT2D eigenvalue weighted by Crippen LogP contribution is -2.04. The van der Waals surface area contributed by atoms with E-state index in [-0.39, 0.29) is 17.9 Å². The minimum Gasteiger partial charge on any atom is -0.507 e. The Kier molecular flexibility index (Phi) is 4.12. The number of aromatic hydroxyl groups is 1. The summed E-state index contributed by atoms with van der Waals surface area (Å²) in [4.78, 5) is 15.7. The molecule has 0 aliphatic heterocycles. The fraction of sp³-hybridized carbons (Fsp3) is 0.222. The zero-order chi connectivity index (χ0) is 17.3. The molecule has 0 bridgehead atoms. The van der Waals surface area contributed by atoms with Crippen LogP contribution in [0.4, 0.5) is 0 Å². The van der Waals surface area contributed by atoms with Crippen LogP contribution < -0.4 is 15.1 Å². The molecule has 0 aliphatic rings. The Morgan fingerprint density at radius 3 is 2.79 bits per heavy atom. The lowest BCUT2D eigenvalue weighted by atomic mass is 10.1. The summed E-state index contributed by atoms with van der Waals surface area (Å²) in [6, 6.07) is 5.94. The molecule has 6 nitrogen and oxygen atoms in total. The maximum Gasteiger partial charge on any atom is 0.339 e. The van der Waals surface area contributed by atoms with Crippen molar-refractivity contribution in [3.8, 4) is 17.2 Å². The van der Waals surface area contributed by atoms with Crippen molar-refractivity contribution in [3.63, 3.8) is 0 Å². The highest BCUT2D eigenvalue weighted by atomic mass is 16.5. The van der Waals surface area contributed by atoms with Crippen molar-refractivity contribution < 1.29 is 19.0 Å². The van der Waals surface area contributed by atoms with Crippen molar-refractivity contribution in [1.82, 2.24) is 4.98 Å². The van der Waals surface area contributed by atoms with Crippen LogP contribution in [-0.2, 0) is 6.61 Å². The number of rotatable bonds is 4. The standard InChI is InChI=1S/C18H17NO5/c1-10-8-19-14(11(2)18(10)22-3)9-23-12-4-5-13-15(20)7-17(21)24-16(13)6-12/h4-8,20H,9H2,1-3H3. The Balaban J connectivity index is 1.87. The highest BCUT2D eigenvalue weighted by Gasteiger charge is 2.11. The number of hydrogen-bond donors (Lipinski definition) is 1. The monoisotopic (exact) mass is 327 g/mol. The Morgan fingerprint density at radius 1 is 1.25 bits per heavy atom. The summed E-state index contributed by atoms with van der Waals surface area (Å²) in [7, 11) is 1.62. The lowest BCUT2D eigenvalue weighted by Gasteiger charge is -2.13. The molecule has 0 radical (unpaired) electrons. The number of nitrogens with zero attached hydrogens (tertiary/aromatic N) is 1. The van der Waals surface area contributed by atoms with Crippen molar-refractivity contribution in [2.45, 2.75) is 20.5 Å². The summed E-state index contributed by atoms with van der Waals surface area (Å²) < 4.78 is 16.2. The molecule has 0 spiro atoms. The van der Waals surface area contributed by atoms with Crippen LogP contribution in [0.2, 0.25) is 0 Å². The van der Waals surface area contributed by atoms with Gasteiger partial charge in [0.1, 0.15) is 29.4 Å². The van der Waals surface area contributed by atoms with E-state index in [1.54, 1.807) is 31.5 Å². The molecule has 2 aromatic heterocycles. The van der Waals surface area contributed by atoms with Crippen LogP contribution in [0, 0.1) is 13.8 Å². The van der Waals surface area contributed by atoms with E-state index < -0.39 is 5.63 Å². The molecule has 1 aromatic carbocycles. The maximum atomic E-state index is 11.4. The van der Waals surface area contributed by atoms with Crippen LogP contribution in [0.25, 0.3) is 11.0 Å². The van der Waals surface area contributed by atoms with Gasteiger partial charge in [0.25, 0.3) is 0 Å². The number of benzene rings is 1. The largest absolute Gasteiger partial charge is 0.507 e. The van der Waals surface area contributed by atoms with Gasteiger partial charge in [-0.2, -0.15) is 0 Å². The normalized spacial score (nSPS) is 10.8. The minimum atomic E-state index is -0.613. The van der Waals surface area contributed by atoms with Crippen molar-refractivity contribution in [2.75, 3.05) is 7.11 Å². The predicted molar refractivity (Wildman–Crippen MR) is 88.7 cm³/mol. The van der Waals surface area contributed by atoms with E-state index >= 15 is 0 Å². The van der Waals surface area contributed by atoms with Crippen LogP contribution in [0.3, 0.4) is 0 Å². The average molecular weight is 327 g/mol. The summed E-state index contributed by atoms with van der Waals surface area (Å²) in [6.45, 7) is 4.10. The molecule has 24 heavy (non-hydrogen) atoms. The summed E-state index contributed by atoms with van der Waals surface area (Å²) >= 11 is 0.